The molecule has 1 heterocycles. The number of aliphatic hydroxyl groups is 6. The van der Waals surface area contributed by atoms with Crippen molar-refractivity contribution in [1.29, 1.82) is 0 Å². The van der Waals surface area contributed by atoms with Crippen molar-refractivity contribution >= 4 is 12.6 Å². The largest absolute Gasteiger partial charge is 0.456 e. The maximum atomic E-state index is 9.96. The van der Waals surface area contributed by atoms with Crippen LogP contribution in [0.15, 0.2) is 16.5 Å². The number of carbonyl (C=O) groups is 2. The first-order chi connectivity index (χ1) is 9.90. The van der Waals surface area contributed by atoms with E-state index in [4.69, 9.17) is 35.1 Å². The van der Waals surface area contributed by atoms with E-state index in [1.165, 1.54) is 6.07 Å². The van der Waals surface area contributed by atoms with E-state index >= 15 is 0 Å². The number of hydrogen-bond donors (Lipinski definition) is 6. The van der Waals surface area contributed by atoms with E-state index in [0.717, 1.165) is 0 Å². The highest BCUT2D eigenvalue weighted by atomic mass is 16.4. The molecule has 0 fully saturated rings. The molecular formula is C12H18O9. The molecule has 0 amide bonds. The molecule has 1 aromatic rings. The minimum absolute atomic E-state index is 0.0258. The molecule has 4 unspecified atom stereocenters. The van der Waals surface area contributed by atoms with Crippen LogP contribution in [-0.4, -0.2) is 74.2 Å². The molecule has 9 nitrogen and oxygen atoms in total. The van der Waals surface area contributed by atoms with Gasteiger partial charge in [-0.25, -0.2) is 0 Å². The summed E-state index contributed by atoms with van der Waals surface area (Å²) >= 11 is 0. The lowest BCUT2D eigenvalue weighted by molar-refractivity contribution is -0.136. The molecule has 9 heteroatoms. The molecule has 0 aromatic carbocycles. The Morgan fingerprint density at radius 1 is 1.05 bits per heavy atom. The maximum Gasteiger partial charge on any atom is 0.185 e. The average Bonchev–Trinajstić information content (AvgIpc) is 3.00. The molecule has 21 heavy (non-hydrogen) atoms. The van der Waals surface area contributed by atoms with E-state index in [-0.39, 0.29) is 18.7 Å². The summed E-state index contributed by atoms with van der Waals surface area (Å²) in [4.78, 5) is 19.9. The van der Waals surface area contributed by atoms with Crippen molar-refractivity contribution in [2.24, 2.45) is 0 Å². The summed E-state index contributed by atoms with van der Waals surface area (Å²) in [5.74, 6) is 0.663. The predicted octanol–water partition coefficient (Wildman–Crippen LogP) is -2.79. The van der Waals surface area contributed by atoms with Gasteiger partial charge in [-0.05, 0) is 12.1 Å². The molecule has 0 aliphatic heterocycles. The summed E-state index contributed by atoms with van der Waals surface area (Å²) in [5, 5.41) is 52.0. The fourth-order valence-corrected chi connectivity index (χ4v) is 1.16. The molecule has 0 aliphatic carbocycles. The number of rotatable bonds is 7. The molecule has 0 spiro atoms. The minimum Gasteiger partial charge on any atom is -0.456 e. The molecule has 0 saturated carbocycles. The van der Waals surface area contributed by atoms with Gasteiger partial charge in [0, 0.05) is 0 Å². The second-order valence-corrected chi connectivity index (χ2v) is 3.94. The van der Waals surface area contributed by atoms with E-state index < -0.39 is 31.0 Å². The normalized spacial score (nSPS) is 16.1. The van der Waals surface area contributed by atoms with Crippen LogP contribution in [0.3, 0.4) is 0 Å². The average molecular weight is 306 g/mol. The molecule has 1 rings (SSSR count). The SMILES string of the molecule is O=CC(O)C(O)C(O)C(O)CO.O=Cc1ccc(CO)o1. The second kappa shape index (κ2) is 10.2. The topological polar surface area (TPSA) is 169 Å². The van der Waals surface area contributed by atoms with Gasteiger partial charge in [0.15, 0.2) is 18.3 Å². The van der Waals surface area contributed by atoms with Crippen molar-refractivity contribution in [3.05, 3.63) is 23.7 Å². The predicted molar refractivity (Wildman–Crippen MR) is 67.2 cm³/mol. The van der Waals surface area contributed by atoms with Gasteiger partial charge in [-0.2, -0.15) is 0 Å². The smallest absolute Gasteiger partial charge is 0.185 e. The Bertz CT molecular complexity index is 417. The quantitative estimate of drug-likeness (QED) is 0.291. The number of aldehydes is 2. The molecule has 0 aliphatic rings. The van der Waals surface area contributed by atoms with Crippen LogP contribution in [0.4, 0.5) is 0 Å². The third kappa shape index (κ3) is 6.58. The summed E-state index contributed by atoms with van der Waals surface area (Å²) in [6.07, 6.45) is -6.24. The molecule has 6 N–H and O–H groups in total. The van der Waals surface area contributed by atoms with Crippen molar-refractivity contribution < 1.29 is 44.6 Å². The zero-order chi connectivity index (χ0) is 16.4. The van der Waals surface area contributed by atoms with Crippen molar-refractivity contribution in [3.8, 4) is 0 Å². The van der Waals surface area contributed by atoms with Crippen LogP contribution < -0.4 is 0 Å². The second-order valence-electron chi connectivity index (χ2n) is 3.94. The van der Waals surface area contributed by atoms with Crippen LogP contribution in [0.1, 0.15) is 16.3 Å². The van der Waals surface area contributed by atoms with E-state index in [0.29, 0.717) is 12.0 Å². The standard InChI is InChI=1S/C6H12O6.C6H6O3/c7-1-3(9)5(11)6(12)4(10)2-8;7-3-5-1-2-6(4-8)9-5/h1,3-6,8-12H,2H2;1-3,8H,4H2. The first kappa shape index (κ1) is 19.4. The molecule has 0 radical (unpaired) electrons. The number of hydrogen-bond acceptors (Lipinski definition) is 9. The zero-order valence-corrected chi connectivity index (χ0v) is 10.9. The van der Waals surface area contributed by atoms with Crippen molar-refractivity contribution in [3.63, 3.8) is 0 Å². The van der Waals surface area contributed by atoms with E-state index in [1.54, 1.807) is 6.07 Å². The highest BCUT2D eigenvalue weighted by molar-refractivity contribution is 5.70. The van der Waals surface area contributed by atoms with Crippen molar-refractivity contribution in [2.75, 3.05) is 6.61 Å². The van der Waals surface area contributed by atoms with Gasteiger partial charge in [0.1, 0.15) is 36.8 Å². The van der Waals surface area contributed by atoms with Gasteiger partial charge >= 0.3 is 0 Å². The van der Waals surface area contributed by atoms with Crippen molar-refractivity contribution in [1.82, 2.24) is 0 Å². The Morgan fingerprint density at radius 2 is 1.67 bits per heavy atom. The van der Waals surface area contributed by atoms with E-state index in [2.05, 4.69) is 0 Å². The Kier molecular flexibility index (Phi) is 9.37. The molecular weight excluding hydrogens is 288 g/mol. The van der Waals surface area contributed by atoms with Crippen LogP contribution in [0.5, 0.6) is 0 Å². The van der Waals surface area contributed by atoms with Gasteiger partial charge in [-0.15, -0.1) is 0 Å². The van der Waals surface area contributed by atoms with Crippen LogP contribution in [-0.2, 0) is 11.4 Å². The molecule has 0 bridgehead atoms. The summed E-state index contributed by atoms with van der Waals surface area (Å²) in [6, 6.07) is 3.07. The zero-order valence-electron chi connectivity index (χ0n) is 10.9. The lowest BCUT2D eigenvalue weighted by atomic mass is 10.0. The van der Waals surface area contributed by atoms with E-state index in [1.807, 2.05) is 0 Å². The van der Waals surface area contributed by atoms with Gasteiger partial charge in [0.25, 0.3) is 0 Å². The first-order valence-corrected chi connectivity index (χ1v) is 5.84. The number of carbonyl (C=O) groups excluding carboxylic acids is 2. The lowest BCUT2D eigenvalue weighted by Crippen LogP contribution is -2.46. The number of aliphatic hydroxyl groups excluding tert-OH is 6. The van der Waals surface area contributed by atoms with Gasteiger partial charge in [-0.3, -0.25) is 4.79 Å². The van der Waals surface area contributed by atoms with Gasteiger partial charge < -0.3 is 39.9 Å². The highest BCUT2D eigenvalue weighted by Crippen LogP contribution is 2.04. The summed E-state index contributed by atoms with van der Waals surface area (Å²) in [7, 11) is 0. The third-order valence-corrected chi connectivity index (χ3v) is 2.37. The summed E-state index contributed by atoms with van der Waals surface area (Å²) < 4.78 is 4.76. The Balaban J connectivity index is 0.000000394. The molecule has 4 atom stereocenters. The number of furan rings is 1. The van der Waals surface area contributed by atoms with Gasteiger partial charge in [-0.1, -0.05) is 0 Å². The highest BCUT2D eigenvalue weighted by Gasteiger charge is 2.29. The van der Waals surface area contributed by atoms with Gasteiger partial charge in [0.2, 0.25) is 0 Å². The summed E-state index contributed by atoms with van der Waals surface area (Å²) in [5.41, 5.74) is 0. The van der Waals surface area contributed by atoms with Crippen molar-refractivity contribution in [2.45, 2.75) is 31.0 Å². The molecule has 1 aromatic heterocycles. The Labute approximate surface area is 119 Å². The minimum atomic E-state index is -1.79. The molecule has 120 valence electrons. The molecule has 0 saturated heterocycles. The third-order valence-electron chi connectivity index (χ3n) is 2.37. The monoisotopic (exact) mass is 306 g/mol. The van der Waals surface area contributed by atoms with Crippen LogP contribution in [0.25, 0.3) is 0 Å². The maximum absolute atomic E-state index is 9.96. The Hall–Kier alpha value is -1.62. The summed E-state index contributed by atoms with van der Waals surface area (Å²) in [6.45, 7) is -0.919. The van der Waals surface area contributed by atoms with Crippen LogP contribution in [0.2, 0.25) is 0 Å². The van der Waals surface area contributed by atoms with Gasteiger partial charge in [0.05, 0.1) is 6.61 Å². The fraction of sp³-hybridized carbons (Fsp3) is 0.500. The fourth-order valence-electron chi connectivity index (χ4n) is 1.16. The lowest BCUT2D eigenvalue weighted by Gasteiger charge is -2.22. The van der Waals surface area contributed by atoms with Crippen LogP contribution >= 0.6 is 0 Å². The van der Waals surface area contributed by atoms with Crippen LogP contribution in [0, 0.1) is 0 Å². The van der Waals surface area contributed by atoms with E-state index in [9.17, 15) is 9.59 Å². The Morgan fingerprint density at radius 3 is 2.00 bits per heavy atom. The first-order valence-electron chi connectivity index (χ1n) is 5.84.